The maximum atomic E-state index is 14.3. The summed E-state index contributed by atoms with van der Waals surface area (Å²) >= 11 is 6.46. The number of para-hydroxylation sites is 1. The summed E-state index contributed by atoms with van der Waals surface area (Å²) in [6.07, 6.45) is 0. The molecule has 0 saturated carbocycles. The molecule has 7 heteroatoms. The molecule has 0 radical (unpaired) electrons. The molecule has 1 spiro atoms. The van der Waals surface area contributed by atoms with Crippen molar-refractivity contribution < 1.29 is 14.0 Å². The molecular weight excluding hydrogens is 464 g/mol. The monoisotopic (exact) mass is 484 g/mol. The molecule has 3 heterocycles. The summed E-state index contributed by atoms with van der Waals surface area (Å²) in [5, 5.41) is 0.813. The van der Waals surface area contributed by atoms with E-state index in [9.17, 15) is 14.4 Å². The van der Waals surface area contributed by atoms with Crippen molar-refractivity contribution in [3.8, 4) is 0 Å². The van der Waals surface area contributed by atoms with Crippen molar-refractivity contribution in [2.75, 3.05) is 11.4 Å². The lowest BCUT2D eigenvalue weighted by molar-refractivity contribution is -0.126. The molecule has 1 unspecified atom stereocenters. The van der Waals surface area contributed by atoms with Gasteiger partial charge in [-0.2, -0.15) is 0 Å². The van der Waals surface area contributed by atoms with E-state index < -0.39 is 11.4 Å². The van der Waals surface area contributed by atoms with Crippen molar-refractivity contribution in [3.63, 3.8) is 0 Å². The first-order chi connectivity index (χ1) is 16.9. The van der Waals surface area contributed by atoms with Crippen molar-refractivity contribution in [1.29, 1.82) is 0 Å². The van der Waals surface area contributed by atoms with Crippen LogP contribution in [0.25, 0.3) is 11.0 Å². The molecule has 0 bridgehead atoms. The Hall–Kier alpha value is -3.90. The van der Waals surface area contributed by atoms with Gasteiger partial charge in [-0.25, -0.2) is 0 Å². The zero-order valence-electron chi connectivity index (χ0n) is 19.2. The molecule has 174 valence electrons. The second kappa shape index (κ2) is 7.55. The van der Waals surface area contributed by atoms with Gasteiger partial charge in [0.15, 0.2) is 11.0 Å². The van der Waals surface area contributed by atoms with Crippen molar-refractivity contribution in [1.82, 2.24) is 4.90 Å². The molecular formula is C28H21ClN2O4. The number of rotatable bonds is 3. The largest absolute Gasteiger partial charge is 0.450 e. The van der Waals surface area contributed by atoms with Gasteiger partial charge in [0.25, 0.3) is 11.8 Å². The van der Waals surface area contributed by atoms with Crippen LogP contribution in [-0.4, -0.2) is 23.3 Å². The van der Waals surface area contributed by atoms with Crippen LogP contribution >= 0.6 is 11.6 Å². The molecule has 1 atom stereocenters. The number of carbonyl (C=O) groups is 2. The predicted octanol–water partition coefficient (Wildman–Crippen LogP) is 5.02. The predicted molar refractivity (Wildman–Crippen MR) is 134 cm³/mol. The fourth-order valence-electron chi connectivity index (χ4n) is 5.44. The molecule has 0 N–H and O–H groups in total. The molecule has 2 aliphatic heterocycles. The third-order valence-corrected chi connectivity index (χ3v) is 7.36. The van der Waals surface area contributed by atoms with Crippen LogP contribution < -0.4 is 10.3 Å². The lowest BCUT2D eigenvalue weighted by Crippen LogP contribution is -2.53. The average Bonchev–Trinajstić information content (AvgIpc) is 3.25. The smallest absolute Gasteiger partial charge is 0.291 e. The van der Waals surface area contributed by atoms with E-state index >= 15 is 0 Å². The minimum absolute atomic E-state index is 0.0369. The quantitative estimate of drug-likeness (QED) is 0.409. The SMILES string of the molecule is CCN1C(=O)C2(c3ccccc31)c1c(oc3ccc(C)cc3c1=O)C(=O)N2Cc1ccccc1Cl. The number of hydrogen-bond donors (Lipinski definition) is 0. The normalized spacial score (nSPS) is 18.6. The van der Waals surface area contributed by atoms with Crippen molar-refractivity contribution in [2.24, 2.45) is 0 Å². The van der Waals surface area contributed by atoms with Gasteiger partial charge >= 0.3 is 0 Å². The topological polar surface area (TPSA) is 70.8 Å². The van der Waals surface area contributed by atoms with Gasteiger partial charge in [-0.3, -0.25) is 14.4 Å². The average molecular weight is 485 g/mol. The molecule has 3 aromatic carbocycles. The lowest BCUT2D eigenvalue weighted by Gasteiger charge is -2.34. The van der Waals surface area contributed by atoms with E-state index in [1.807, 2.05) is 56.3 Å². The molecule has 2 amide bonds. The molecule has 0 saturated heterocycles. The van der Waals surface area contributed by atoms with Gasteiger partial charge < -0.3 is 14.2 Å². The number of amides is 2. The molecule has 1 aromatic heterocycles. The van der Waals surface area contributed by atoms with E-state index in [-0.39, 0.29) is 29.2 Å². The van der Waals surface area contributed by atoms with E-state index in [1.165, 1.54) is 4.90 Å². The number of hydrogen-bond acceptors (Lipinski definition) is 4. The van der Waals surface area contributed by atoms with Crippen molar-refractivity contribution >= 4 is 40.1 Å². The molecule has 35 heavy (non-hydrogen) atoms. The Bertz CT molecular complexity index is 1630. The number of aryl methyl sites for hydroxylation is 1. The van der Waals surface area contributed by atoms with E-state index in [4.69, 9.17) is 16.0 Å². The fraction of sp³-hybridized carbons (Fsp3) is 0.179. The summed E-state index contributed by atoms with van der Waals surface area (Å²) in [4.78, 5) is 45.4. The van der Waals surface area contributed by atoms with Gasteiger partial charge in [0.05, 0.1) is 16.6 Å². The number of likely N-dealkylation sites (N-methyl/N-ethyl adjacent to an activating group) is 1. The number of anilines is 1. The van der Waals surface area contributed by atoms with Crippen LogP contribution in [-0.2, 0) is 16.9 Å². The van der Waals surface area contributed by atoms with Crippen LogP contribution in [0, 0.1) is 6.92 Å². The number of nitrogens with zero attached hydrogens (tertiary/aromatic N) is 2. The Morgan fingerprint density at radius 2 is 1.71 bits per heavy atom. The second-order valence-electron chi connectivity index (χ2n) is 8.89. The Balaban J connectivity index is 1.73. The van der Waals surface area contributed by atoms with Gasteiger partial charge in [-0.1, -0.05) is 59.6 Å². The highest BCUT2D eigenvalue weighted by Crippen LogP contribution is 2.53. The highest BCUT2D eigenvalue weighted by molar-refractivity contribution is 6.31. The highest BCUT2D eigenvalue weighted by Gasteiger charge is 2.64. The van der Waals surface area contributed by atoms with Gasteiger partial charge in [-0.15, -0.1) is 0 Å². The molecule has 6 nitrogen and oxygen atoms in total. The van der Waals surface area contributed by atoms with Crippen LogP contribution in [0.1, 0.15) is 39.7 Å². The van der Waals surface area contributed by atoms with Crippen molar-refractivity contribution in [3.05, 3.63) is 110 Å². The fourth-order valence-corrected chi connectivity index (χ4v) is 5.63. The molecule has 0 fully saturated rings. The third kappa shape index (κ3) is 2.74. The number of benzene rings is 3. The first kappa shape index (κ1) is 21.6. The van der Waals surface area contributed by atoms with E-state index in [1.54, 1.807) is 29.2 Å². The first-order valence-electron chi connectivity index (χ1n) is 11.4. The summed E-state index contributed by atoms with van der Waals surface area (Å²) in [6, 6.07) is 19.7. The second-order valence-corrected chi connectivity index (χ2v) is 9.30. The van der Waals surface area contributed by atoms with Crippen LogP contribution in [0.3, 0.4) is 0 Å². The third-order valence-electron chi connectivity index (χ3n) is 6.99. The summed E-state index contributed by atoms with van der Waals surface area (Å²) in [5.41, 5.74) is 1.18. The standard InChI is InChI=1S/C28H21ClN2O4/c1-3-30-21-11-7-5-9-19(21)28(27(30)34)23-24(32)18-14-16(2)12-13-22(18)35-25(23)26(33)31(28)15-17-8-4-6-10-20(17)29/h4-14H,3,15H2,1-2H3. The van der Waals surface area contributed by atoms with E-state index in [0.717, 1.165) is 5.56 Å². The van der Waals surface area contributed by atoms with Crippen LogP contribution in [0.5, 0.6) is 0 Å². The number of halogens is 1. The van der Waals surface area contributed by atoms with Crippen LogP contribution in [0.15, 0.2) is 75.9 Å². The summed E-state index contributed by atoms with van der Waals surface area (Å²) < 4.78 is 6.07. The highest BCUT2D eigenvalue weighted by atomic mass is 35.5. The van der Waals surface area contributed by atoms with Gasteiger partial charge in [0.1, 0.15) is 5.58 Å². The summed E-state index contributed by atoms with van der Waals surface area (Å²) in [5.74, 6) is -0.959. The Morgan fingerprint density at radius 3 is 2.49 bits per heavy atom. The summed E-state index contributed by atoms with van der Waals surface area (Å²) in [6.45, 7) is 4.18. The first-order valence-corrected chi connectivity index (χ1v) is 11.8. The zero-order valence-corrected chi connectivity index (χ0v) is 19.9. The van der Waals surface area contributed by atoms with Crippen molar-refractivity contribution in [2.45, 2.75) is 25.9 Å². The molecule has 2 aliphatic rings. The molecule has 0 aliphatic carbocycles. The van der Waals surface area contributed by atoms with Gasteiger partial charge in [-0.05, 0) is 43.7 Å². The van der Waals surface area contributed by atoms with Crippen LogP contribution in [0.2, 0.25) is 5.02 Å². The van der Waals surface area contributed by atoms with Gasteiger partial charge in [0, 0.05) is 23.7 Å². The summed E-state index contributed by atoms with van der Waals surface area (Å²) in [7, 11) is 0. The van der Waals surface area contributed by atoms with Gasteiger partial charge in [0.2, 0.25) is 5.76 Å². The minimum atomic E-state index is -1.64. The zero-order chi connectivity index (χ0) is 24.5. The minimum Gasteiger partial charge on any atom is -0.450 e. The molecule has 6 rings (SSSR count). The maximum absolute atomic E-state index is 14.3. The Labute approximate surface area is 206 Å². The lowest BCUT2D eigenvalue weighted by atomic mass is 9.83. The molecule has 4 aromatic rings. The Kier molecular flexibility index (Phi) is 4.66. The maximum Gasteiger partial charge on any atom is 0.291 e. The Morgan fingerprint density at radius 1 is 0.971 bits per heavy atom. The van der Waals surface area contributed by atoms with E-state index in [0.29, 0.717) is 39.4 Å². The number of fused-ring (bicyclic) bond motifs is 5. The van der Waals surface area contributed by atoms with E-state index in [2.05, 4.69) is 0 Å². The van der Waals surface area contributed by atoms with Crippen LogP contribution in [0.4, 0.5) is 5.69 Å². The number of carbonyl (C=O) groups excluding carboxylic acids is 2.